The van der Waals surface area contributed by atoms with Gasteiger partial charge in [0.2, 0.25) is 0 Å². The van der Waals surface area contributed by atoms with E-state index in [0.717, 1.165) is 11.1 Å². The number of carbonyl (C=O) groups is 2. The van der Waals surface area contributed by atoms with Gasteiger partial charge in [0, 0.05) is 17.7 Å². The van der Waals surface area contributed by atoms with E-state index in [0.29, 0.717) is 23.4 Å². The fourth-order valence-electron chi connectivity index (χ4n) is 3.68. The van der Waals surface area contributed by atoms with Crippen LogP contribution in [0, 0.1) is 19.8 Å². The Kier molecular flexibility index (Phi) is 4.72. The Hall–Kier alpha value is -2.46. The Morgan fingerprint density at radius 2 is 1.85 bits per heavy atom. The standard InChI is InChI=1S/C22H25NO3/c1-14(2)13-23-19-8-6-5-7-18(19)22(26,21(23)25)12-20(24)17-10-9-15(3)11-16(17)4/h5-11,14,26H,12-13H2,1-4H3/t22-/m0/s1. The predicted molar refractivity (Wildman–Crippen MR) is 102 cm³/mol. The molecule has 0 saturated heterocycles. The first-order valence-electron chi connectivity index (χ1n) is 8.98. The van der Waals surface area contributed by atoms with Crippen LogP contribution in [0.4, 0.5) is 5.69 Å². The molecule has 2 aromatic rings. The van der Waals surface area contributed by atoms with Crippen molar-refractivity contribution in [3.8, 4) is 0 Å². The van der Waals surface area contributed by atoms with Crippen LogP contribution in [0.15, 0.2) is 42.5 Å². The molecule has 1 atom stereocenters. The van der Waals surface area contributed by atoms with E-state index in [1.807, 2.05) is 52.0 Å². The van der Waals surface area contributed by atoms with Gasteiger partial charge >= 0.3 is 0 Å². The monoisotopic (exact) mass is 351 g/mol. The lowest BCUT2D eigenvalue weighted by Gasteiger charge is -2.24. The van der Waals surface area contributed by atoms with Gasteiger partial charge in [-0.05, 0) is 31.4 Å². The van der Waals surface area contributed by atoms with Gasteiger partial charge in [-0.25, -0.2) is 0 Å². The molecule has 0 saturated carbocycles. The summed E-state index contributed by atoms with van der Waals surface area (Å²) in [6.07, 6.45) is -0.249. The highest BCUT2D eigenvalue weighted by Crippen LogP contribution is 2.43. The van der Waals surface area contributed by atoms with E-state index in [2.05, 4.69) is 0 Å². The van der Waals surface area contributed by atoms with Crippen LogP contribution in [0.25, 0.3) is 0 Å². The van der Waals surface area contributed by atoms with Crippen molar-refractivity contribution in [2.75, 3.05) is 11.4 Å². The first kappa shape index (κ1) is 18.3. The van der Waals surface area contributed by atoms with Gasteiger partial charge in [-0.2, -0.15) is 0 Å². The van der Waals surface area contributed by atoms with Crippen molar-refractivity contribution in [1.82, 2.24) is 0 Å². The van der Waals surface area contributed by atoms with Crippen molar-refractivity contribution in [3.05, 3.63) is 64.7 Å². The molecule has 1 aliphatic heterocycles. The third-order valence-electron chi connectivity index (χ3n) is 4.89. The molecule has 4 nitrogen and oxygen atoms in total. The van der Waals surface area contributed by atoms with E-state index in [9.17, 15) is 14.7 Å². The molecule has 1 aliphatic rings. The van der Waals surface area contributed by atoms with Crippen molar-refractivity contribution < 1.29 is 14.7 Å². The Bertz CT molecular complexity index is 871. The van der Waals surface area contributed by atoms with Gasteiger partial charge in [0.15, 0.2) is 11.4 Å². The number of aliphatic hydroxyl groups is 1. The number of anilines is 1. The summed E-state index contributed by atoms with van der Waals surface area (Å²) in [6, 6.07) is 12.8. The number of hydrogen-bond acceptors (Lipinski definition) is 3. The largest absolute Gasteiger partial charge is 0.375 e. The minimum atomic E-state index is -1.81. The van der Waals surface area contributed by atoms with Gasteiger partial charge in [0.05, 0.1) is 12.1 Å². The van der Waals surface area contributed by atoms with Crippen LogP contribution in [-0.2, 0) is 10.4 Å². The average Bonchev–Trinajstić information content (AvgIpc) is 2.77. The lowest BCUT2D eigenvalue weighted by Crippen LogP contribution is -2.43. The molecule has 136 valence electrons. The smallest absolute Gasteiger partial charge is 0.264 e. The van der Waals surface area contributed by atoms with Crippen molar-refractivity contribution in [2.24, 2.45) is 5.92 Å². The zero-order chi connectivity index (χ0) is 19.1. The normalized spacial score (nSPS) is 19.2. The molecule has 1 amide bonds. The fraction of sp³-hybridized carbons (Fsp3) is 0.364. The molecule has 0 spiro atoms. The summed E-state index contributed by atoms with van der Waals surface area (Å²) in [5.74, 6) is -0.380. The van der Waals surface area contributed by atoms with E-state index < -0.39 is 11.5 Å². The summed E-state index contributed by atoms with van der Waals surface area (Å²) in [5.41, 5.74) is 1.89. The summed E-state index contributed by atoms with van der Waals surface area (Å²) in [6.45, 7) is 8.40. The number of fused-ring (bicyclic) bond motifs is 1. The second-order valence-electron chi connectivity index (χ2n) is 7.61. The maximum atomic E-state index is 13.0. The maximum Gasteiger partial charge on any atom is 0.264 e. The topological polar surface area (TPSA) is 57.6 Å². The number of benzene rings is 2. The van der Waals surface area contributed by atoms with Gasteiger partial charge in [-0.1, -0.05) is 55.8 Å². The Balaban J connectivity index is 1.98. The average molecular weight is 351 g/mol. The summed E-state index contributed by atoms with van der Waals surface area (Å²) in [4.78, 5) is 27.5. The molecule has 2 aromatic carbocycles. The number of para-hydroxylation sites is 1. The molecule has 0 radical (unpaired) electrons. The summed E-state index contributed by atoms with van der Waals surface area (Å²) >= 11 is 0. The molecule has 0 fully saturated rings. The van der Waals surface area contributed by atoms with E-state index in [1.165, 1.54) is 0 Å². The molecular formula is C22H25NO3. The highest BCUT2D eigenvalue weighted by Gasteiger charge is 2.50. The van der Waals surface area contributed by atoms with Crippen LogP contribution >= 0.6 is 0 Å². The molecule has 4 heteroatoms. The molecule has 3 rings (SSSR count). The number of hydrogen-bond donors (Lipinski definition) is 1. The molecule has 0 unspecified atom stereocenters. The first-order valence-corrected chi connectivity index (χ1v) is 8.98. The van der Waals surface area contributed by atoms with Crippen LogP contribution in [0.5, 0.6) is 0 Å². The molecule has 0 aliphatic carbocycles. The van der Waals surface area contributed by atoms with Crippen molar-refractivity contribution >= 4 is 17.4 Å². The van der Waals surface area contributed by atoms with Crippen molar-refractivity contribution in [2.45, 2.75) is 39.7 Å². The second-order valence-corrected chi connectivity index (χ2v) is 7.61. The quantitative estimate of drug-likeness (QED) is 0.834. The number of nitrogens with zero attached hydrogens (tertiary/aromatic N) is 1. The van der Waals surface area contributed by atoms with Gasteiger partial charge < -0.3 is 10.0 Å². The SMILES string of the molecule is Cc1ccc(C(=O)C[C@@]2(O)C(=O)N(CC(C)C)c3ccccc32)c(C)c1. The van der Waals surface area contributed by atoms with E-state index in [1.54, 1.807) is 23.1 Å². The number of amides is 1. The minimum absolute atomic E-state index is 0.223. The summed E-state index contributed by atoms with van der Waals surface area (Å²) < 4.78 is 0. The van der Waals surface area contributed by atoms with Crippen molar-refractivity contribution in [3.63, 3.8) is 0 Å². The number of ketones is 1. The molecule has 1 heterocycles. The van der Waals surface area contributed by atoms with Crippen molar-refractivity contribution in [1.29, 1.82) is 0 Å². The number of rotatable bonds is 5. The summed E-state index contributed by atoms with van der Waals surface area (Å²) in [7, 11) is 0. The molecule has 1 N–H and O–H groups in total. The van der Waals surface area contributed by atoms with Gasteiger partial charge in [0.1, 0.15) is 0 Å². The highest BCUT2D eigenvalue weighted by molar-refractivity contribution is 6.11. The van der Waals surface area contributed by atoms with E-state index in [4.69, 9.17) is 0 Å². The predicted octanol–water partition coefficient (Wildman–Crippen LogP) is 3.77. The number of aryl methyl sites for hydroxylation is 2. The first-order chi connectivity index (χ1) is 12.2. The lowest BCUT2D eigenvalue weighted by atomic mass is 9.87. The maximum absolute atomic E-state index is 13.0. The van der Waals surface area contributed by atoms with Crippen LogP contribution in [0.2, 0.25) is 0 Å². The number of Topliss-reactive ketones (excluding diaryl/α,β-unsaturated/α-hetero) is 1. The summed E-state index contributed by atoms with van der Waals surface area (Å²) in [5, 5.41) is 11.3. The van der Waals surface area contributed by atoms with Gasteiger partial charge in [-0.15, -0.1) is 0 Å². The molecule has 0 aromatic heterocycles. The van der Waals surface area contributed by atoms with E-state index >= 15 is 0 Å². The lowest BCUT2D eigenvalue weighted by molar-refractivity contribution is -0.136. The second kappa shape index (κ2) is 6.69. The third-order valence-corrected chi connectivity index (χ3v) is 4.89. The van der Waals surface area contributed by atoms with Crippen LogP contribution in [0.3, 0.4) is 0 Å². The zero-order valence-electron chi connectivity index (χ0n) is 15.7. The van der Waals surface area contributed by atoms with Crippen LogP contribution < -0.4 is 4.90 Å². The fourth-order valence-corrected chi connectivity index (χ4v) is 3.68. The van der Waals surface area contributed by atoms with Gasteiger partial charge in [-0.3, -0.25) is 9.59 Å². The molecular weight excluding hydrogens is 326 g/mol. The minimum Gasteiger partial charge on any atom is -0.375 e. The van der Waals surface area contributed by atoms with E-state index in [-0.39, 0.29) is 18.1 Å². The van der Waals surface area contributed by atoms with Crippen LogP contribution in [0.1, 0.15) is 47.3 Å². The highest BCUT2D eigenvalue weighted by atomic mass is 16.3. The van der Waals surface area contributed by atoms with Gasteiger partial charge in [0.25, 0.3) is 5.91 Å². The third kappa shape index (κ3) is 3.06. The van der Waals surface area contributed by atoms with Crippen LogP contribution in [-0.4, -0.2) is 23.3 Å². The Morgan fingerprint density at radius 3 is 2.50 bits per heavy atom. The Labute approximate surface area is 154 Å². The Morgan fingerprint density at radius 1 is 1.15 bits per heavy atom. The molecule has 0 bridgehead atoms. The molecule has 26 heavy (non-hydrogen) atoms. The zero-order valence-corrected chi connectivity index (χ0v) is 15.7. The number of carbonyl (C=O) groups excluding carboxylic acids is 2.